The van der Waals surface area contributed by atoms with Crippen molar-refractivity contribution in [2.75, 3.05) is 26.4 Å². The van der Waals surface area contributed by atoms with Crippen LogP contribution in [0, 0.1) is 0 Å². The van der Waals surface area contributed by atoms with Gasteiger partial charge in [0.2, 0.25) is 11.8 Å². The molecule has 0 aromatic carbocycles. The molecular formula is C16H35NO4. The molecule has 0 aliphatic carbocycles. The van der Waals surface area contributed by atoms with Crippen molar-refractivity contribution in [2.45, 2.75) is 79.0 Å². The Morgan fingerprint density at radius 2 is 1.00 bits per heavy atom. The minimum absolute atomic E-state index is 0.560. The van der Waals surface area contributed by atoms with Crippen LogP contribution in [0.15, 0.2) is 0 Å². The zero-order chi connectivity index (χ0) is 16.2. The lowest BCUT2D eigenvalue weighted by atomic mass is 10.2. The van der Waals surface area contributed by atoms with Gasteiger partial charge in [0.15, 0.2) is 0 Å². The first-order valence-corrected chi connectivity index (χ1v) is 8.42. The van der Waals surface area contributed by atoms with Crippen molar-refractivity contribution >= 4 is 0 Å². The van der Waals surface area contributed by atoms with Crippen LogP contribution in [0.3, 0.4) is 0 Å². The summed E-state index contributed by atoms with van der Waals surface area (Å²) in [6.45, 7) is 14.5. The van der Waals surface area contributed by atoms with Crippen LogP contribution in [-0.2, 0) is 18.9 Å². The third kappa shape index (κ3) is 7.06. The minimum atomic E-state index is -0.871. The maximum absolute atomic E-state index is 5.96. The van der Waals surface area contributed by atoms with Gasteiger partial charge in [-0.15, -0.1) is 0 Å². The van der Waals surface area contributed by atoms with Crippen molar-refractivity contribution in [1.82, 2.24) is 5.32 Å². The van der Waals surface area contributed by atoms with Crippen LogP contribution >= 0.6 is 0 Å². The normalized spacial score (nSPS) is 17.4. The fourth-order valence-corrected chi connectivity index (χ4v) is 2.10. The number of nitrogens with one attached hydrogen (secondary N) is 1. The second-order valence-corrected chi connectivity index (χ2v) is 4.90. The van der Waals surface area contributed by atoms with Crippen molar-refractivity contribution in [1.29, 1.82) is 0 Å². The maximum atomic E-state index is 5.96. The fourth-order valence-electron chi connectivity index (χ4n) is 2.10. The molecule has 0 spiro atoms. The molecule has 5 heteroatoms. The summed E-state index contributed by atoms with van der Waals surface area (Å²) in [5, 5.41) is 3.36. The summed E-state index contributed by atoms with van der Waals surface area (Å²) >= 11 is 0. The first-order valence-electron chi connectivity index (χ1n) is 8.42. The van der Waals surface area contributed by atoms with Gasteiger partial charge < -0.3 is 18.9 Å². The van der Waals surface area contributed by atoms with Gasteiger partial charge in [0, 0.05) is 26.1 Å². The van der Waals surface area contributed by atoms with Crippen molar-refractivity contribution < 1.29 is 18.9 Å². The van der Waals surface area contributed by atoms with Gasteiger partial charge in [-0.1, -0.05) is 27.7 Å². The average Bonchev–Trinajstić information content (AvgIpc) is 2.50. The molecule has 0 saturated heterocycles. The van der Waals surface area contributed by atoms with Crippen molar-refractivity contribution in [2.24, 2.45) is 0 Å². The minimum Gasteiger partial charge on any atom is -0.338 e. The van der Waals surface area contributed by atoms with E-state index >= 15 is 0 Å². The first kappa shape index (κ1) is 20.8. The smallest absolute Gasteiger partial charge is 0.231 e. The molecule has 0 aromatic rings. The molecule has 128 valence electrons. The van der Waals surface area contributed by atoms with Crippen molar-refractivity contribution in [3.05, 3.63) is 0 Å². The molecule has 0 rings (SSSR count). The van der Waals surface area contributed by atoms with E-state index < -0.39 is 11.8 Å². The molecule has 0 radical (unpaired) electrons. The van der Waals surface area contributed by atoms with Crippen LogP contribution in [0.25, 0.3) is 0 Å². The highest BCUT2D eigenvalue weighted by molar-refractivity contribution is 4.75. The molecule has 2 unspecified atom stereocenters. The predicted octanol–water partition coefficient (Wildman–Crippen LogP) is 3.63. The summed E-state index contributed by atoms with van der Waals surface area (Å²) in [4.78, 5) is 0. The van der Waals surface area contributed by atoms with E-state index in [1.807, 2.05) is 27.7 Å². The van der Waals surface area contributed by atoms with E-state index in [9.17, 15) is 0 Å². The van der Waals surface area contributed by atoms with Crippen LogP contribution in [0.4, 0.5) is 0 Å². The Hall–Kier alpha value is -0.200. The Balaban J connectivity index is 5.14. The Kier molecular flexibility index (Phi) is 11.3. The lowest BCUT2D eigenvalue weighted by Gasteiger charge is -2.42. The molecule has 1 N–H and O–H groups in total. The van der Waals surface area contributed by atoms with E-state index in [0.29, 0.717) is 39.3 Å². The summed E-state index contributed by atoms with van der Waals surface area (Å²) in [5.41, 5.74) is 0. The molecule has 0 bridgehead atoms. The average molecular weight is 305 g/mol. The van der Waals surface area contributed by atoms with Gasteiger partial charge in [0.1, 0.15) is 0 Å². The van der Waals surface area contributed by atoms with E-state index in [0.717, 1.165) is 12.8 Å². The monoisotopic (exact) mass is 305 g/mol. The van der Waals surface area contributed by atoms with E-state index in [-0.39, 0.29) is 0 Å². The molecule has 0 amide bonds. The third-order valence-corrected chi connectivity index (χ3v) is 3.15. The number of ether oxygens (including phenoxy) is 4. The number of rotatable bonds is 14. The Bertz CT molecular complexity index is 228. The molecular weight excluding hydrogens is 270 g/mol. The van der Waals surface area contributed by atoms with Crippen LogP contribution in [0.2, 0.25) is 0 Å². The van der Waals surface area contributed by atoms with Crippen LogP contribution in [-0.4, -0.2) is 38.2 Å². The lowest BCUT2D eigenvalue weighted by molar-refractivity contribution is -0.343. The lowest BCUT2D eigenvalue weighted by Crippen LogP contribution is -2.63. The van der Waals surface area contributed by atoms with Crippen molar-refractivity contribution in [3.63, 3.8) is 0 Å². The maximum Gasteiger partial charge on any atom is 0.231 e. The third-order valence-electron chi connectivity index (χ3n) is 3.15. The van der Waals surface area contributed by atoms with Crippen molar-refractivity contribution in [3.8, 4) is 0 Å². The standard InChI is InChI=1S/C16H35NO4/c1-7-13-20-15(9-3,18-11-5)17-16(10-4,19-12-6)21-14-8-2/h17H,7-14H2,1-6H3. The van der Waals surface area contributed by atoms with Crippen LogP contribution in [0.5, 0.6) is 0 Å². The van der Waals surface area contributed by atoms with E-state index in [1.165, 1.54) is 0 Å². The van der Waals surface area contributed by atoms with Gasteiger partial charge in [0.05, 0.1) is 13.2 Å². The Morgan fingerprint density at radius 3 is 1.24 bits per heavy atom. The molecule has 0 aromatic heterocycles. The molecule has 5 nitrogen and oxygen atoms in total. The molecule has 0 aliphatic heterocycles. The van der Waals surface area contributed by atoms with Gasteiger partial charge >= 0.3 is 0 Å². The van der Waals surface area contributed by atoms with Gasteiger partial charge in [0.25, 0.3) is 0 Å². The fraction of sp³-hybridized carbons (Fsp3) is 1.00. The summed E-state index contributed by atoms with van der Waals surface area (Å²) in [7, 11) is 0. The molecule has 2 atom stereocenters. The van der Waals surface area contributed by atoms with Crippen LogP contribution in [0.1, 0.15) is 67.2 Å². The topological polar surface area (TPSA) is 49.0 Å². The van der Waals surface area contributed by atoms with Gasteiger partial charge in [-0.2, -0.15) is 0 Å². The zero-order valence-electron chi connectivity index (χ0n) is 14.8. The largest absolute Gasteiger partial charge is 0.338 e. The summed E-state index contributed by atoms with van der Waals surface area (Å²) in [6, 6.07) is 0. The highest BCUT2D eigenvalue weighted by atomic mass is 16.8. The van der Waals surface area contributed by atoms with Gasteiger partial charge in [-0.25, -0.2) is 5.32 Å². The molecule has 0 fully saturated rings. The highest BCUT2D eigenvalue weighted by Gasteiger charge is 2.41. The molecule has 0 heterocycles. The van der Waals surface area contributed by atoms with E-state index in [1.54, 1.807) is 0 Å². The SMILES string of the molecule is CCCOC(CC)(NC(CC)(OCC)OCCC)OCC. The predicted molar refractivity (Wildman–Crippen MR) is 84.9 cm³/mol. The number of hydrogen-bond acceptors (Lipinski definition) is 5. The Morgan fingerprint density at radius 1 is 0.619 bits per heavy atom. The summed E-state index contributed by atoms with van der Waals surface area (Å²) in [5.74, 6) is -1.74. The summed E-state index contributed by atoms with van der Waals surface area (Å²) in [6.07, 6.45) is 3.20. The summed E-state index contributed by atoms with van der Waals surface area (Å²) < 4.78 is 23.7. The first-order chi connectivity index (χ1) is 10.1. The molecule has 0 aliphatic rings. The van der Waals surface area contributed by atoms with E-state index in [4.69, 9.17) is 18.9 Å². The zero-order valence-corrected chi connectivity index (χ0v) is 14.8. The highest BCUT2D eigenvalue weighted by Crippen LogP contribution is 2.24. The second-order valence-electron chi connectivity index (χ2n) is 4.90. The number of hydrogen-bond donors (Lipinski definition) is 1. The Labute approximate surface area is 130 Å². The van der Waals surface area contributed by atoms with Gasteiger partial charge in [-0.3, -0.25) is 0 Å². The molecule has 21 heavy (non-hydrogen) atoms. The second kappa shape index (κ2) is 11.4. The quantitative estimate of drug-likeness (QED) is 0.497. The molecule has 0 saturated carbocycles. The van der Waals surface area contributed by atoms with Gasteiger partial charge in [-0.05, 0) is 26.7 Å². The van der Waals surface area contributed by atoms with E-state index in [2.05, 4.69) is 19.2 Å². The van der Waals surface area contributed by atoms with Crippen LogP contribution < -0.4 is 5.32 Å².